The maximum absolute atomic E-state index is 11.4. The third-order valence-corrected chi connectivity index (χ3v) is 4.09. The van der Waals surface area contributed by atoms with Gasteiger partial charge in [-0.25, -0.2) is 0 Å². The molecule has 2 aromatic heterocycles. The number of aromatic nitrogens is 4. The summed E-state index contributed by atoms with van der Waals surface area (Å²) in [5.41, 5.74) is 0.692. The highest BCUT2D eigenvalue weighted by Crippen LogP contribution is 2.19. The van der Waals surface area contributed by atoms with Crippen molar-refractivity contribution < 1.29 is 4.21 Å². The molecule has 0 spiro atoms. The molecule has 1 atom stereocenters. The monoisotopic (exact) mass is 296 g/mol. The number of aromatic amines is 1. The maximum atomic E-state index is 11.4. The summed E-state index contributed by atoms with van der Waals surface area (Å²) in [6.45, 7) is 5.44. The highest BCUT2D eigenvalue weighted by molar-refractivity contribution is 7.84. The molecule has 1 unspecified atom stereocenters. The maximum Gasteiger partial charge on any atom is 0.226 e. The van der Waals surface area contributed by atoms with Crippen LogP contribution in [0, 0.1) is 0 Å². The summed E-state index contributed by atoms with van der Waals surface area (Å²) < 4.78 is 11.4. The van der Waals surface area contributed by atoms with Crippen LogP contribution in [0.25, 0.3) is 11.0 Å². The van der Waals surface area contributed by atoms with Gasteiger partial charge in [0.1, 0.15) is 5.82 Å². The van der Waals surface area contributed by atoms with Gasteiger partial charge < -0.3 is 10.6 Å². The fourth-order valence-electron chi connectivity index (χ4n) is 1.71. The molecule has 0 saturated carbocycles. The van der Waals surface area contributed by atoms with Crippen LogP contribution in [0.1, 0.15) is 20.3 Å². The first-order valence-electron chi connectivity index (χ1n) is 6.78. The zero-order chi connectivity index (χ0) is 14.4. The predicted octanol–water partition coefficient (Wildman–Crippen LogP) is 1.36. The van der Waals surface area contributed by atoms with Crippen LogP contribution in [0.3, 0.4) is 0 Å². The first kappa shape index (κ1) is 14.7. The van der Waals surface area contributed by atoms with Crippen molar-refractivity contribution in [3.8, 4) is 0 Å². The Bertz CT molecular complexity index is 584. The van der Waals surface area contributed by atoms with E-state index >= 15 is 0 Å². The van der Waals surface area contributed by atoms with Gasteiger partial charge in [0.25, 0.3) is 0 Å². The molecule has 0 bridgehead atoms. The second kappa shape index (κ2) is 7.18. The molecule has 0 saturated heterocycles. The van der Waals surface area contributed by atoms with Crippen LogP contribution in [-0.4, -0.2) is 49.0 Å². The highest BCUT2D eigenvalue weighted by atomic mass is 32.2. The summed E-state index contributed by atoms with van der Waals surface area (Å²) in [5.74, 6) is 2.58. The Morgan fingerprint density at radius 3 is 2.85 bits per heavy atom. The minimum Gasteiger partial charge on any atom is -0.368 e. The van der Waals surface area contributed by atoms with Crippen molar-refractivity contribution in [2.24, 2.45) is 0 Å². The number of nitrogens with one attached hydrogen (secondary N) is 3. The number of H-pyrrole nitrogens is 1. The van der Waals surface area contributed by atoms with Gasteiger partial charge in [0.2, 0.25) is 5.95 Å². The molecule has 2 heterocycles. The van der Waals surface area contributed by atoms with Crippen molar-refractivity contribution >= 4 is 33.6 Å². The van der Waals surface area contributed by atoms with Crippen LogP contribution in [0.2, 0.25) is 0 Å². The van der Waals surface area contributed by atoms with E-state index < -0.39 is 10.8 Å². The van der Waals surface area contributed by atoms with Crippen molar-refractivity contribution in [2.75, 3.05) is 35.2 Å². The smallest absolute Gasteiger partial charge is 0.226 e. The first-order valence-corrected chi connectivity index (χ1v) is 8.27. The van der Waals surface area contributed by atoms with Crippen LogP contribution in [0.5, 0.6) is 0 Å². The van der Waals surface area contributed by atoms with Crippen LogP contribution < -0.4 is 10.6 Å². The molecule has 0 aliphatic heterocycles. The molecule has 3 N–H and O–H groups in total. The Morgan fingerprint density at radius 2 is 2.10 bits per heavy atom. The molecule has 0 radical (unpaired) electrons. The summed E-state index contributed by atoms with van der Waals surface area (Å²) in [7, 11) is -0.780. The molecule has 8 heteroatoms. The molecular weight excluding hydrogens is 276 g/mol. The third kappa shape index (κ3) is 3.66. The van der Waals surface area contributed by atoms with E-state index in [1.807, 2.05) is 6.92 Å². The zero-order valence-electron chi connectivity index (χ0n) is 11.8. The number of hydrogen-bond donors (Lipinski definition) is 3. The Balaban J connectivity index is 2.12. The lowest BCUT2D eigenvalue weighted by molar-refractivity contribution is 0.684. The predicted molar refractivity (Wildman–Crippen MR) is 82.5 cm³/mol. The van der Waals surface area contributed by atoms with E-state index in [9.17, 15) is 4.21 Å². The molecule has 0 aliphatic rings. The summed E-state index contributed by atoms with van der Waals surface area (Å²) in [6.07, 6.45) is 2.70. The third-order valence-electron chi connectivity index (χ3n) is 2.79. The average Bonchev–Trinajstić information content (AvgIpc) is 2.93. The van der Waals surface area contributed by atoms with Crippen molar-refractivity contribution in [3.05, 3.63) is 6.20 Å². The van der Waals surface area contributed by atoms with E-state index in [1.54, 1.807) is 6.20 Å². The summed E-state index contributed by atoms with van der Waals surface area (Å²) in [4.78, 5) is 8.79. The SMILES string of the molecule is CCCNc1nc(NCCS(=O)CC)c2cn[nH]c2n1. The fraction of sp³-hybridized carbons (Fsp3) is 0.583. The lowest BCUT2D eigenvalue weighted by atomic mass is 10.4. The van der Waals surface area contributed by atoms with Gasteiger partial charge in [0.15, 0.2) is 5.65 Å². The molecule has 2 rings (SSSR count). The number of hydrogen-bond acceptors (Lipinski definition) is 6. The van der Waals surface area contributed by atoms with E-state index in [4.69, 9.17) is 0 Å². The van der Waals surface area contributed by atoms with E-state index in [2.05, 4.69) is 37.7 Å². The van der Waals surface area contributed by atoms with E-state index in [-0.39, 0.29) is 0 Å². The standard InChI is InChI=1S/C12H20N6OS/c1-3-5-14-12-16-10(13-6-7-20(19)4-2)9-8-15-18-11(9)17-12/h8H,3-7H2,1-2H3,(H3,13,14,15,16,17,18). The van der Waals surface area contributed by atoms with Gasteiger partial charge in [-0.1, -0.05) is 13.8 Å². The van der Waals surface area contributed by atoms with Gasteiger partial charge in [-0.05, 0) is 6.42 Å². The molecule has 2 aromatic rings. The van der Waals surface area contributed by atoms with Crippen molar-refractivity contribution in [1.82, 2.24) is 20.2 Å². The van der Waals surface area contributed by atoms with Crippen molar-refractivity contribution in [1.29, 1.82) is 0 Å². The number of nitrogens with zero attached hydrogens (tertiary/aromatic N) is 3. The number of rotatable bonds is 8. The van der Waals surface area contributed by atoms with Crippen molar-refractivity contribution in [3.63, 3.8) is 0 Å². The second-order valence-electron chi connectivity index (χ2n) is 4.31. The molecule has 0 aliphatic carbocycles. The number of fused-ring (bicyclic) bond motifs is 1. The molecule has 110 valence electrons. The largest absolute Gasteiger partial charge is 0.368 e. The van der Waals surface area contributed by atoms with Gasteiger partial charge in [-0.15, -0.1) is 0 Å². The van der Waals surface area contributed by atoms with Gasteiger partial charge in [-0.2, -0.15) is 15.1 Å². The lowest BCUT2D eigenvalue weighted by Gasteiger charge is -2.09. The van der Waals surface area contributed by atoms with Gasteiger partial charge in [0.05, 0.1) is 11.6 Å². The van der Waals surface area contributed by atoms with Crippen LogP contribution >= 0.6 is 0 Å². The molecule has 0 amide bonds. The topological polar surface area (TPSA) is 95.6 Å². The normalized spacial score (nSPS) is 12.5. The minimum atomic E-state index is -0.780. The lowest BCUT2D eigenvalue weighted by Crippen LogP contribution is -2.14. The van der Waals surface area contributed by atoms with Crippen molar-refractivity contribution in [2.45, 2.75) is 20.3 Å². The minimum absolute atomic E-state index is 0.572. The van der Waals surface area contributed by atoms with E-state index in [0.717, 1.165) is 24.2 Å². The highest BCUT2D eigenvalue weighted by Gasteiger charge is 2.09. The van der Waals surface area contributed by atoms with Crippen LogP contribution in [-0.2, 0) is 10.8 Å². The first-order chi connectivity index (χ1) is 9.74. The average molecular weight is 296 g/mol. The molecular formula is C12H20N6OS. The van der Waals surface area contributed by atoms with Gasteiger partial charge in [-0.3, -0.25) is 9.31 Å². The van der Waals surface area contributed by atoms with E-state index in [0.29, 0.717) is 29.6 Å². The molecule has 20 heavy (non-hydrogen) atoms. The van der Waals surface area contributed by atoms with Crippen LogP contribution in [0.15, 0.2) is 6.20 Å². The van der Waals surface area contributed by atoms with Gasteiger partial charge in [0, 0.05) is 35.4 Å². The van der Waals surface area contributed by atoms with Crippen LogP contribution in [0.4, 0.5) is 11.8 Å². The summed E-state index contributed by atoms with van der Waals surface area (Å²) >= 11 is 0. The quantitative estimate of drug-likeness (QED) is 0.680. The summed E-state index contributed by atoms with van der Waals surface area (Å²) in [5, 5.41) is 14.0. The Hall–Kier alpha value is -1.70. The van der Waals surface area contributed by atoms with Gasteiger partial charge >= 0.3 is 0 Å². The Morgan fingerprint density at radius 1 is 1.25 bits per heavy atom. The number of anilines is 2. The van der Waals surface area contributed by atoms with E-state index in [1.165, 1.54) is 0 Å². The second-order valence-corrected chi connectivity index (χ2v) is 6.18. The fourth-order valence-corrected chi connectivity index (χ4v) is 2.33. The summed E-state index contributed by atoms with van der Waals surface area (Å²) in [6, 6.07) is 0. The Labute approximate surface area is 120 Å². The molecule has 0 aromatic carbocycles. The zero-order valence-corrected chi connectivity index (χ0v) is 12.6. The molecule has 0 fully saturated rings. The Kier molecular flexibility index (Phi) is 5.28. The molecule has 7 nitrogen and oxygen atoms in total.